The number of anilines is 1. The molecule has 3 aromatic carbocycles. The standard InChI is InChI=1S/C23H19Cl2NO3/c24-20-12-11-18(13-21(20)25)26-22(27)15-29-23(28)14-19(16-7-3-1-4-8-16)17-9-5-2-6-10-17/h1-13,19H,14-15H2,(H,26,27). The van der Waals surface area contributed by atoms with E-state index in [1.807, 2.05) is 60.7 Å². The first-order chi connectivity index (χ1) is 14.0. The third-order valence-corrected chi connectivity index (χ3v) is 5.08. The number of benzene rings is 3. The number of nitrogens with one attached hydrogen (secondary N) is 1. The molecule has 4 nitrogen and oxygen atoms in total. The molecule has 0 aliphatic carbocycles. The lowest BCUT2D eigenvalue weighted by Crippen LogP contribution is -2.22. The van der Waals surface area contributed by atoms with Crippen molar-refractivity contribution in [3.63, 3.8) is 0 Å². The average Bonchev–Trinajstić information content (AvgIpc) is 2.74. The first kappa shape index (κ1) is 20.9. The molecule has 1 N–H and O–H groups in total. The maximum Gasteiger partial charge on any atom is 0.307 e. The van der Waals surface area contributed by atoms with Gasteiger partial charge in [-0.2, -0.15) is 0 Å². The number of hydrogen-bond acceptors (Lipinski definition) is 3. The van der Waals surface area contributed by atoms with E-state index in [-0.39, 0.29) is 18.9 Å². The molecule has 0 saturated carbocycles. The molecule has 0 spiro atoms. The highest BCUT2D eigenvalue weighted by atomic mass is 35.5. The second-order valence-electron chi connectivity index (χ2n) is 6.42. The summed E-state index contributed by atoms with van der Waals surface area (Å²) in [5.41, 5.74) is 2.50. The van der Waals surface area contributed by atoms with Crippen molar-refractivity contribution >= 4 is 40.8 Å². The zero-order valence-electron chi connectivity index (χ0n) is 15.5. The minimum absolute atomic E-state index is 0.133. The molecular formula is C23H19Cl2NO3. The monoisotopic (exact) mass is 427 g/mol. The van der Waals surface area contributed by atoms with Gasteiger partial charge in [-0.15, -0.1) is 0 Å². The van der Waals surface area contributed by atoms with Crippen molar-refractivity contribution in [3.05, 3.63) is 100 Å². The molecule has 29 heavy (non-hydrogen) atoms. The number of hydrogen-bond donors (Lipinski definition) is 1. The number of amides is 1. The van der Waals surface area contributed by atoms with Gasteiger partial charge in [0, 0.05) is 11.6 Å². The van der Waals surface area contributed by atoms with Crippen LogP contribution in [0.25, 0.3) is 0 Å². The maximum absolute atomic E-state index is 12.4. The zero-order chi connectivity index (χ0) is 20.6. The summed E-state index contributed by atoms with van der Waals surface area (Å²) in [5.74, 6) is -1.05. The number of halogens is 2. The van der Waals surface area contributed by atoms with Gasteiger partial charge in [-0.1, -0.05) is 83.9 Å². The van der Waals surface area contributed by atoms with Crippen molar-refractivity contribution in [2.24, 2.45) is 0 Å². The molecule has 0 heterocycles. The highest BCUT2D eigenvalue weighted by Gasteiger charge is 2.19. The Morgan fingerprint density at radius 2 is 1.41 bits per heavy atom. The number of carbonyl (C=O) groups is 2. The molecule has 0 saturated heterocycles. The van der Waals surface area contributed by atoms with Gasteiger partial charge in [0.05, 0.1) is 16.5 Å². The number of ether oxygens (including phenoxy) is 1. The smallest absolute Gasteiger partial charge is 0.307 e. The van der Waals surface area contributed by atoms with E-state index in [1.54, 1.807) is 12.1 Å². The van der Waals surface area contributed by atoms with Crippen molar-refractivity contribution in [1.82, 2.24) is 0 Å². The molecule has 0 bridgehead atoms. The van der Waals surface area contributed by atoms with Crippen LogP contribution in [0.15, 0.2) is 78.9 Å². The Kier molecular flexibility index (Phi) is 7.28. The van der Waals surface area contributed by atoms with E-state index in [0.717, 1.165) is 11.1 Å². The second-order valence-corrected chi connectivity index (χ2v) is 7.23. The molecule has 6 heteroatoms. The quantitative estimate of drug-likeness (QED) is 0.492. The topological polar surface area (TPSA) is 55.4 Å². The van der Waals surface area contributed by atoms with Crippen molar-refractivity contribution in [3.8, 4) is 0 Å². The van der Waals surface area contributed by atoms with Crippen molar-refractivity contribution in [2.75, 3.05) is 11.9 Å². The van der Waals surface area contributed by atoms with E-state index in [2.05, 4.69) is 5.32 Å². The SMILES string of the molecule is O=C(COC(=O)CC(c1ccccc1)c1ccccc1)Nc1ccc(Cl)c(Cl)c1. The normalized spacial score (nSPS) is 10.6. The van der Waals surface area contributed by atoms with Crippen molar-refractivity contribution in [2.45, 2.75) is 12.3 Å². The third-order valence-electron chi connectivity index (χ3n) is 4.34. The summed E-state index contributed by atoms with van der Waals surface area (Å²) >= 11 is 11.8. The average molecular weight is 428 g/mol. The van der Waals surface area contributed by atoms with E-state index in [9.17, 15) is 9.59 Å². The molecule has 0 aromatic heterocycles. The molecule has 0 aliphatic rings. The van der Waals surface area contributed by atoms with Gasteiger partial charge in [0.1, 0.15) is 0 Å². The van der Waals surface area contributed by atoms with Gasteiger partial charge in [0.2, 0.25) is 0 Å². The number of esters is 1. The molecule has 0 atom stereocenters. The van der Waals surface area contributed by atoms with Crippen LogP contribution in [0.3, 0.4) is 0 Å². The molecule has 148 valence electrons. The predicted molar refractivity (Wildman–Crippen MR) is 115 cm³/mol. The van der Waals surface area contributed by atoms with Gasteiger partial charge >= 0.3 is 5.97 Å². The molecule has 3 aromatic rings. The van der Waals surface area contributed by atoms with Gasteiger partial charge in [-0.3, -0.25) is 9.59 Å². The Labute approximate surface area is 179 Å². The molecule has 1 amide bonds. The summed E-state index contributed by atoms with van der Waals surface area (Å²) in [7, 11) is 0. The van der Waals surface area contributed by atoms with E-state index in [4.69, 9.17) is 27.9 Å². The van der Waals surface area contributed by atoms with Crippen LogP contribution in [-0.2, 0) is 14.3 Å². The third kappa shape index (κ3) is 6.08. The summed E-state index contributed by atoms with van der Waals surface area (Å²) in [4.78, 5) is 24.5. The molecule has 0 unspecified atom stereocenters. The van der Waals surface area contributed by atoms with Crippen LogP contribution in [-0.4, -0.2) is 18.5 Å². The van der Waals surface area contributed by atoms with Crippen LogP contribution in [0.4, 0.5) is 5.69 Å². The van der Waals surface area contributed by atoms with E-state index in [1.165, 1.54) is 6.07 Å². The first-order valence-corrected chi connectivity index (χ1v) is 9.79. The summed E-state index contributed by atoms with van der Waals surface area (Å²) in [6.07, 6.45) is 0.133. The fourth-order valence-electron chi connectivity index (χ4n) is 2.94. The van der Waals surface area contributed by atoms with Crippen LogP contribution < -0.4 is 5.32 Å². The summed E-state index contributed by atoms with van der Waals surface area (Å²) in [5, 5.41) is 3.34. The Morgan fingerprint density at radius 1 is 0.828 bits per heavy atom. The molecule has 3 rings (SSSR count). The van der Waals surface area contributed by atoms with Gasteiger partial charge in [-0.05, 0) is 29.3 Å². The van der Waals surface area contributed by atoms with Crippen molar-refractivity contribution in [1.29, 1.82) is 0 Å². The molecule has 0 aliphatic heterocycles. The van der Waals surface area contributed by atoms with Crippen LogP contribution >= 0.6 is 23.2 Å². The number of carbonyl (C=O) groups excluding carboxylic acids is 2. The van der Waals surface area contributed by atoms with E-state index >= 15 is 0 Å². The fourth-order valence-corrected chi connectivity index (χ4v) is 3.24. The lowest BCUT2D eigenvalue weighted by Gasteiger charge is -2.17. The van der Waals surface area contributed by atoms with Gasteiger partial charge in [-0.25, -0.2) is 0 Å². The second kappa shape index (κ2) is 10.1. The minimum Gasteiger partial charge on any atom is -0.456 e. The molecular weight excluding hydrogens is 409 g/mol. The largest absolute Gasteiger partial charge is 0.456 e. The van der Waals surface area contributed by atoms with Crippen LogP contribution in [0, 0.1) is 0 Å². The van der Waals surface area contributed by atoms with Gasteiger partial charge in [0.25, 0.3) is 5.91 Å². The Bertz CT molecular complexity index is 938. The molecule has 0 fully saturated rings. The minimum atomic E-state index is -0.452. The first-order valence-electron chi connectivity index (χ1n) is 9.03. The van der Waals surface area contributed by atoms with Gasteiger partial charge in [0.15, 0.2) is 6.61 Å². The van der Waals surface area contributed by atoms with Crippen LogP contribution in [0.2, 0.25) is 10.0 Å². The highest BCUT2D eigenvalue weighted by molar-refractivity contribution is 6.42. The van der Waals surface area contributed by atoms with Crippen LogP contribution in [0.1, 0.15) is 23.5 Å². The summed E-state index contributed by atoms with van der Waals surface area (Å²) < 4.78 is 5.19. The Hall–Kier alpha value is -2.82. The van der Waals surface area contributed by atoms with Gasteiger partial charge < -0.3 is 10.1 Å². The lowest BCUT2D eigenvalue weighted by molar-refractivity contribution is -0.147. The lowest BCUT2D eigenvalue weighted by atomic mass is 9.89. The van der Waals surface area contributed by atoms with E-state index < -0.39 is 11.9 Å². The Balaban J connectivity index is 1.60. The summed E-state index contributed by atoms with van der Waals surface area (Å²) in [6.45, 7) is -0.380. The highest BCUT2D eigenvalue weighted by Crippen LogP contribution is 2.28. The maximum atomic E-state index is 12.4. The number of rotatable bonds is 7. The molecule has 0 radical (unpaired) electrons. The summed E-state index contributed by atoms with van der Waals surface area (Å²) in [6, 6.07) is 24.2. The van der Waals surface area contributed by atoms with Crippen LogP contribution in [0.5, 0.6) is 0 Å². The van der Waals surface area contributed by atoms with Crippen molar-refractivity contribution < 1.29 is 14.3 Å². The Morgan fingerprint density at radius 3 is 1.97 bits per heavy atom. The zero-order valence-corrected chi connectivity index (χ0v) is 17.0. The fraction of sp³-hybridized carbons (Fsp3) is 0.130. The predicted octanol–water partition coefficient (Wildman–Crippen LogP) is 5.70. The van der Waals surface area contributed by atoms with E-state index in [0.29, 0.717) is 15.7 Å².